The molecule has 0 bridgehead atoms. The maximum Gasteiger partial charge on any atom is 0.258 e. The number of anilines is 1. The van der Waals surface area contributed by atoms with Crippen molar-refractivity contribution in [3.63, 3.8) is 0 Å². The highest BCUT2D eigenvalue weighted by molar-refractivity contribution is 7.98. The van der Waals surface area contributed by atoms with Gasteiger partial charge in [0.25, 0.3) is 5.91 Å². The Kier molecular flexibility index (Phi) is 4.39. The van der Waals surface area contributed by atoms with E-state index in [9.17, 15) is 9.18 Å². The van der Waals surface area contributed by atoms with Crippen molar-refractivity contribution in [1.29, 1.82) is 0 Å². The molecule has 0 aliphatic heterocycles. The minimum absolute atomic E-state index is 0.0333. The first-order chi connectivity index (χ1) is 9.13. The van der Waals surface area contributed by atoms with Gasteiger partial charge >= 0.3 is 0 Å². The normalized spacial score (nSPS) is 10.3. The topological polar surface area (TPSA) is 42.0 Å². The van der Waals surface area contributed by atoms with E-state index in [0.29, 0.717) is 10.6 Å². The van der Waals surface area contributed by atoms with Gasteiger partial charge < -0.3 is 5.32 Å². The number of hydrogen-bond donors (Lipinski definition) is 1. The largest absolute Gasteiger partial charge is 0.319 e. The first kappa shape index (κ1) is 13.8. The fraction of sp³-hybridized carbons (Fsp3) is 0.0769. The van der Waals surface area contributed by atoms with Crippen molar-refractivity contribution < 1.29 is 9.18 Å². The van der Waals surface area contributed by atoms with Crippen molar-refractivity contribution in [2.24, 2.45) is 0 Å². The quantitative estimate of drug-likeness (QED) is 0.875. The Bertz CT molecular complexity index is 621. The molecule has 1 aromatic carbocycles. The summed E-state index contributed by atoms with van der Waals surface area (Å²) >= 11 is 7.01. The lowest BCUT2D eigenvalue weighted by atomic mass is 10.2. The van der Waals surface area contributed by atoms with Crippen LogP contribution in [0.15, 0.2) is 41.6 Å². The van der Waals surface area contributed by atoms with Crippen LogP contribution in [0.3, 0.4) is 0 Å². The number of nitrogens with zero attached hydrogens (tertiary/aromatic N) is 1. The van der Waals surface area contributed by atoms with Crippen molar-refractivity contribution in [3.8, 4) is 0 Å². The SMILES string of the molecule is CSc1ncccc1C(=O)Nc1cccc(Cl)c1F. The Morgan fingerprint density at radius 3 is 2.89 bits per heavy atom. The van der Waals surface area contributed by atoms with Crippen LogP contribution in [-0.4, -0.2) is 17.1 Å². The molecule has 0 aliphatic carbocycles. The number of rotatable bonds is 3. The zero-order valence-electron chi connectivity index (χ0n) is 9.98. The zero-order valence-corrected chi connectivity index (χ0v) is 11.6. The molecule has 0 radical (unpaired) electrons. The maximum absolute atomic E-state index is 13.7. The maximum atomic E-state index is 13.7. The van der Waals surface area contributed by atoms with E-state index in [1.807, 2.05) is 6.26 Å². The van der Waals surface area contributed by atoms with Crippen LogP contribution in [0.1, 0.15) is 10.4 Å². The number of hydrogen-bond acceptors (Lipinski definition) is 3. The first-order valence-electron chi connectivity index (χ1n) is 5.38. The lowest BCUT2D eigenvalue weighted by Gasteiger charge is -2.09. The smallest absolute Gasteiger partial charge is 0.258 e. The van der Waals surface area contributed by atoms with E-state index >= 15 is 0 Å². The van der Waals surface area contributed by atoms with Crippen LogP contribution in [0.2, 0.25) is 5.02 Å². The second kappa shape index (κ2) is 6.04. The van der Waals surface area contributed by atoms with Gasteiger partial charge in [-0.1, -0.05) is 17.7 Å². The fourth-order valence-corrected chi connectivity index (χ4v) is 2.24. The van der Waals surface area contributed by atoms with Crippen LogP contribution >= 0.6 is 23.4 Å². The van der Waals surface area contributed by atoms with Gasteiger partial charge in [0.05, 0.1) is 16.3 Å². The monoisotopic (exact) mass is 296 g/mol. The van der Waals surface area contributed by atoms with Crippen molar-refractivity contribution in [2.45, 2.75) is 5.03 Å². The van der Waals surface area contributed by atoms with E-state index in [-0.39, 0.29) is 10.7 Å². The highest BCUT2D eigenvalue weighted by Gasteiger charge is 2.14. The molecule has 2 aromatic rings. The predicted octanol–water partition coefficient (Wildman–Crippen LogP) is 3.85. The predicted molar refractivity (Wildman–Crippen MR) is 75.4 cm³/mol. The molecule has 19 heavy (non-hydrogen) atoms. The lowest BCUT2D eigenvalue weighted by Crippen LogP contribution is -2.14. The van der Waals surface area contributed by atoms with Gasteiger partial charge in [-0.05, 0) is 30.5 Å². The number of thioether (sulfide) groups is 1. The number of halogens is 2. The third kappa shape index (κ3) is 3.05. The number of carbonyl (C=O) groups excluding carboxylic acids is 1. The molecule has 0 atom stereocenters. The summed E-state index contributed by atoms with van der Waals surface area (Å²) in [6, 6.07) is 7.73. The lowest BCUT2D eigenvalue weighted by molar-refractivity contribution is 0.102. The van der Waals surface area contributed by atoms with Crippen molar-refractivity contribution in [3.05, 3.63) is 52.9 Å². The van der Waals surface area contributed by atoms with Crippen molar-refractivity contribution in [2.75, 3.05) is 11.6 Å². The number of benzene rings is 1. The van der Waals surface area contributed by atoms with Crippen LogP contribution in [-0.2, 0) is 0 Å². The number of pyridine rings is 1. The van der Waals surface area contributed by atoms with Crippen molar-refractivity contribution >= 4 is 35.0 Å². The molecular formula is C13H10ClFN2OS. The molecule has 0 fully saturated rings. The highest BCUT2D eigenvalue weighted by atomic mass is 35.5. The van der Waals surface area contributed by atoms with Gasteiger partial charge in [0.1, 0.15) is 5.03 Å². The van der Waals surface area contributed by atoms with Gasteiger partial charge in [-0.15, -0.1) is 11.8 Å². The first-order valence-corrected chi connectivity index (χ1v) is 6.98. The van der Waals surface area contributed by atoms with Gasteiger partial charge in [-0.25, -0.2) is 9.37 Å². The van der Waals surface area contributed by atoms with Crippen LogP contribution in [0.25, 0.3) is 0 Å². The number of carbonyl (C=O) groups is 1. The fourth-order valence-electron chi connectivity index (χ4n) is 1.52. The molecule has 0 unspecified atom stereocenters. The van der Waals surface area contributed by atoms with Gasteiger partial charge in [0, 0.05) is 6.20 Å². The number of nitrogens with one attached hydrogen (secondary N) is 1. The standard InChI is InChI=1S/C13H10ClFN2OS/c1-19-13-8(4-3-7-16-13)12(18)17-10-6-2-5-9(14)11(10)15/h2-7H,1H3,(H,17,18). The van der Waals surface area contributed by atoms with Crippen LogP contribution in [0.4, 0.5) is 10.1 Å². The molecular weight excluding hydrogens is 287 g/mol. The zero-order chi connectivity index (χ0) is 13.8. The van der Waals surface area contributed by atoms with Crippen LogP contribution in [0.5, 0.6) is 0 Å². The third-order valence-electron chi connectivity index (χ3n) is 2.41. The molecule has 0 saturated carbocycles. The summed E-state index contributed by atoms with van der Waals surface area (Å²) in [4.78, 5) is 16.2. The van der Waals surface area contributed by atoms with Crippen LogP contribution < -0.4 is 5.32 Å². The minimum Gasteiger partial charge on any atom is -0.319 e. The number of amides is 1. The van der Waals surface area contributed by atoms with E-state index in [4.69, 9.17) is 11.6 Å². The molecule has 0 spiro atoms. The Labute approximate surface area is 119 Å². The van der Waals surface area contributed by atoms with Gasteiger partial charge in [-0.3, -0.25) is 4.79 Å². The third-order valence-corrected chi connectivity index (χ3v) is 3.41. The molecule has 6 heteroatoms. The second-order valence-electron chi connectivity index (χ2n) is 3.62. The van der Waals surface area contributed by atoms with E-state index in [0.717, 1.165) is 0 Å². The molecule has 3 nitrogen and oxygen atoms in total. The molecule has 0 saturated heterocycles. The van der Waals surface area contributed by atoms with E-state index < -0.39 is 11.7 Å². The molecule has 1 amide bonds. The summed E-state index contributed by atoms with van der Waals surface area (Å²) in [6.07, 6.45) is 3.42. The van der Waals surface area contributed by atoms with Gasteiger partial charge in [0.15, 0.2) is 5.82 Å². The molecule has 1 aromatic heterocycles. The molecule has 0 aliphatic rings. The van der Waals surface area contributed by atoms with E-state index in [1.165, 1.54) is 23.9 Å². The molecule has 1 N–H and O–H groups in total. The molecule has 98 valence electrons. The minimum atomic E-state index is -0.646. The van der Waals surface area contributed by atoms with E-state index in [2.05, 4.69) is 10.3 Å². The number of aromatic nitrogens is 1. The highest BCUT2D eigenvalue weighted by Crippen LogP contribution is 2.24. The van der Waals surface area contributed by atoms with Gasteiger partial charge in [-0.2, -0.15) is 0 Å². The Morgan fingerprint density at radius 2 is 2.16 bits per heavy atom. The summed E-state index contributed by atoms with van der Waals surface area (Å²) in [5.74, 6) is -1.06. The summed E-state index contributed by atoms with van der Waals surface area (Å²) < 4.78 is 13.7. The molecule has 2 rings (SSSR count). The Morgan fingerprint density at radius 1 is 1.37 bits per heavy atom. The summed E-state index contributed by atoms with van der Waals surface area (Å²) in [5.41, 5.74) is 0.447. The second-order valence-corrected chi connectivity index (χ2v) is 4.82. The summed E-state index contributed by atoms with van der Waals surface area (Å²) in [6.45, 7) is 0. The van der Waals surface area contributed by atoms with E-state index in [1.54, 1.807) is 24.4 Å². The summed E-state index contributed by atoms with van der Waals surface area (Å²) in [5, 5.41) is 3.04. The Hall–Kier alpha value is -1.59. The Balaban J connectivity index is 2.28. The average Bonchev–Trinajstić information content (AvgIpc) is 2.43. The van der Waals surface area contributed by atoms with Crippen molar-refractivity contribution in [1.82, 2.24) is 4.98 Å². The average molecular weight is 297 g/mol. The van der Waals surface area contributed by atoms with Gasteiger partial charge in [0.2, 0.25) is 0 Å². The summed E-state index contributed by atoms with van der Waals surface area (Å²) in [7, 11) is 0. The van der Waals surface area contributed by atoms with Crippen LogP contribution in [0, 0.1) is 5.82 Å². The molecule has 1 heterocycles.